The van der Waals surface area contributed by atoms with Crippen molar-refractivity contribution < 1.29 is 13.2 Å². The summed E-state index contributed by atoms with van der Waals surface area (Å²) in [6.07, 6.45) is 2.52. The average Bonchev–Trinajstić information content (AvgIpc) is 2.47. The Hall–Kier alpha value is -1.60. The van der Waals surface area contributed by atoms with Crippen molar-refractivity contribution in [3.8, 4) is 0 Å². The van der Waals surface area contributed by atoms with Crippen molar-refractivity contribution in [2.24, 2.45) is 0 Å². The molecule has 1 heterocycles. The largest absolute Gasteiger partial charge is 0.378 e. The van der Waals surface area contributed by atoms with Crippen LogP contribution < -0.4 is 10.2 Å². The number of hydrogen-bond acceptors (Lipinski definition) is 4. The van der Waals surface area contributed by atoms with Gasteiger partial charge in [0, 0.05) is 44.5 Å². The zero-order chi connectivity index (χ0) is 16.3. The molecule has 122 valence electrons. The van der Waals surface area contributed by atoms with Crippen LogP contribution in [0.15, 0.2) is 24.3 Å². The molecule has 1 aromatic rings. The number of carbonyl (C=O) groups is 1. The van der Waals surface area contributed by atoms with E-state index in [9.17, 15) is 13.2 Å². The standard InChI is InChI=1S/C15H23N3O3S/c1-17(2)14-6-4-12(5-7-14)15(19)16-13-8-10-18(11-9-13)22(3,20)21/h4-7,13H,8-11H2,1-3H3,(H,16,19). The third-order valence-electron chi connectivity index (χ3n) is 3.90. The number of amides is 1. The first-order valence-electron chi connectivity index (χ1n) is 7.31. The van der Waals surface area contributed by atoms with E-state index < -0.39 is 10.0 Å². The lowest BCUT2D eigenvalue weighted by Gasteiger charge is -2.30. The number of nitrogens with one attached hydrogen (secondary N) is 1. The van der Waals surface area contributed by atoms with Crippen LogP contribution in [0.5, 0.6) is 0 Å². The summed E-state index contributed by atoms with van der Waals surface area (Å²) in [5.41, 5.74) is 1.66. The minimum Gasteiger partial charge on any atom is -0.378 e. The molecule has 0 unspecified atom stereocenters. The first-order chi connectivity index (χ1) is 10.3. The number of hydrogen-bond donors (Lipinski definition) is 1. The number of carbonyl (C=O) groups excluding carboxylic acids is 1. The van der Waals surface area contributed by atoms with Crippen molar-refractivity contribution in [3.63, 3.8) is 0 Å². The van der Waals surface area contributed by atoms with Crippen LogP contribution in [-0.2, 0) is 10.0 Å². The Morgan fingerprint density at radius 3 is 2.18 bits per heavy atom. The number of rotatable bonds is 4. The maximum atomic E-state index is 12.2. The van der Waals surface area contributed by atoms with Crippen molar-refractivity contribution >= 4 is 21.6 Å². The number of sulfonamides is 1. The van der Waals surface area contributed by atoms with Gasteiger partial charge < -0.3 is 10.2 Å². The first-order valence-corrected chi connectivity index (χ1v) is 9.15. The van der Waals surface area contributed by atoms with Gasteiger partial charge in [0.1, 0.15) is 0 Å². The Labute approximate surface area is 132 Å². The molecule has 0 atom stereocenters. The van der Waals surface area contributed by atoms with Gasteiger partial charge in [0.15, 0.2) is 0 Å². The van der Waals surface area contributed by atoms with E-state index in [4.69, 9.17) is 0 Å². The molecule has 2 rings (SSSR count). The van der Waals surface area contributed by atoms with Gasteiger partial charge >= 0.3 is 0 Å². The molecule has 0 radical (unpaired) electrons. The van der Waals surface area contributed by atoms with Crippen LogP contribution in [0.3, 0.4) is 0 Å². The van der Waals surface area contributed by atoms with Crippen molar-refractivity contribution in [1.29, 1.82) is 0 Å². The molecule has 22 heavy (non-hydrogen) atoms. The third kappa shape index (κ3) is 4.20. The molecule has 1 N–H and O–H groups in total. The molecule has 7 heteroatoms. The zero-order valence-corrected chi connectivity index (χ0v) is 14.1. The predicted octanol–water partition coefficient (Wildman–Crippen LogP) is 0.906. The van der Waals surface area contributed by atoms with Gasteiger partial charge in [-0.3, -0.25) is 4.79 Å². The fourth-order valence-electron chi connectivity index (χ4n) is 2.51. The van der Waals surface area contributed by atoms with Crippen molar-refractivity contribution in [3.05, 3.63) is 29.8 Å². The quantitative estimate of drug-likeness (QED) is 0.893. The van der Waals surface area contributed by atoms with E-state index in [1.165, 1.54) is 10.6 Å². The van der Waals surface area contributed by atoms with Crippen molar-refractivity contribution in [2.45, 2.75) is 18.9 Å². The normalized spacial score (nSPS) is 17.2. The number of anilines is 1. The Kier molecular flexibility index (Phi) is 5.08. The minimum atomic E-state index is -3.13. The molecule has 0 aromatic heterocycles. The molecule has 1 amide bonds. The van der Waals surface area contributed by atoms with Gasteiger partial charge in [0.25, 0.3) is 5.91 Å². The predicted molar refractivity (Wildman–Crippen MR) is 87.7 cm³/mol. The molecule has 0 saturated carbocycles. The number of nitrogens with zero attached hydrogens (tertiary/aromatic N) is 2. The second-order valence-electron chi connectivity index (χ2n) is 5.85. The summed E-state index contributed by atoms with van der Waals surface area (Å²) >= 11 is 0. The van der Waals surface area contributed by atoms with Crippen LogP contribution in [0.2, 0.25) is 0 Å². The summed E-state index contributed by atoms with van der Waals surface area (Å²) in [6, 6.07) is 7.44. The first kappa shape index (κ1) is 16.8. The molecule has 1 aliphatic rings. The van der Waals surface area contributed by atoms with Gasteiger partial charge in [-0.1, -0.05) is 0 Å². The van der Waals surface area contributed by atoms with Gasteiger partial charge in [-0.25, -0.2) is 12.7 Å². The second kappa shape index (κ2) is 6.66. The Morgan fingerprint density at radius 1 is 1.18 bits per heavy atom. The highest BCUT2D eigenvalue weighted by atomic mass is 32.2. The minimum absolute atomic E-state index is 0.0269. The van der Waals surface area contributed by atoms with E-state index in [1.807, 2.05) is 31.1 Å². The van der Waals surface area contributed by atoms with Gasteiger partial charge in [0.05, 0.1) is 6.26 Å². The van der Waals surface area contributed by atoms with Crippen LogP contribution in [-0.4, -0.2) is 58.1 Å². The molecule has 0 aliphatic carbocycles. The fraction of sp³-hybridized carbons (Fsp3) is 0.533. The summed E-state index contributed by atoms with van der Waals surface area (Å²) < 4.78 is 24.4. The van der Waals surface area contributed by atoms with E-state index in [2.05, 4.69) is 5.32 Å². The van der Waals surface area contributed by atoms with Crippen LogP contribution in [0.25, 0.3) is 0 Å². The zero-order valence-electron chi connectivity index (χ0n) is 13.2. The summed E-state index contributed by atoms with van der Waals surface area (Å²) in [6.45, 7) is 0.923. The molecule has 1 aromatic carbocycles. The SMILES string of the molecule is CN(C)c1ccc(C(=O)NC2CCN(S(C)(=O)=O)CC2)cc1. The topological polar surface area (TPSA) is 69.7 Å². The lowest BCUT2D eigenvalue weighted by molar-refractivity contribution is 0.0924. The lowest BCUT2D eigenvalue weighted by atomic mass is 10.1. The Bertz CT molecular complexity index is 618. The second-order valence-corrected chi connectivity index (χ2v) is 7.83. The van der Waals surface area contributed by atoms with Crippen LogP contribution >= 0.6 is 0 Å². The highest BCUT2D eigenvalue weighted by molar-refractivity contribution is 7.88. The highest BCUT2D eigenvalue weighted by Crippen LogP contribution is 2.15. The molecular formula is C15H23N3O3S. The van der Waals surface area contributed by atoms with Crippen LogP contribution in [0.1, 0.15) is 23.2 Å². The van der Waals surface area contributed by atoms with Gasteiger partial charge in [-0.05, 0) is 37.1 Å². The van der Waals surface area contributed by atoms with Crippen LogP contribution in [0, 0.1) is 0 Å². The smallest absolute Gasteiger partial charge is 0.251 e. The van der Waals surface area contributed by atoms with Crippen molar-refractivity contribution in [2.75, 3.05) is 38.3 Å². The van der Waals surface area contributed by atoms with E-state index in [0.717, 1.165) is 5.69 Å². The molecule has 0 bridgehead atoms. The van der Waals surface area contributed by atoms with Gasteiger partial charge in [-0.2, -0.15) is 0 Å². The van der Waals surface area contributed by atoms with E-state index in [0.29, 0.717) is 31.5 Å². The molecule has 1 fully saturated rings. The van der Waals surface area contributed by atoms with Gasteiger partial charge in [-0.15, -0.1) is 0 Å². The summed E-state index contributed by atoms with van der Waals surface area (Å²) in [4.78, 5) is 14.2. The summed E-state index contributed by atoms with van der Waals surface area (Å²) in [7, 11) is 0.771. The van der Waals surface area contributed by atoms with E-state index >= 15 is 0 Å². The van der Waals surface area contributed by atoms with Crippen LogP contribution in [0.4, 0.5) is 5.69 Å². The Balaban J connectivity index is 1.90. The highest BCUT2D eigenvalue weighted by Gasteiger charge is 2.25. The third-order valence-corrected chi connectivity index (χ3v) is 5.21. The number of piperidine rings is 1. The molecular weight excluding hydrogens is 302 g/mol. The average molecular weight is 325 g/mol. The maximum Gasteiger partial charge on any atom is 0.251 e. The summed E-state index contributed by atoms with van der Waals surface area (Å²) in [5, 5.41) is 2.98. The molecule has 6 nitrogen and oxygen atoms in total. The molecule has 0 spiro atoms. The molecule has 1 saturated heterocycles. The lowest BCUT2D eigenvalue weighted by Crippen LogP contribution is -2.46. The monoisotopic (exact) mass is 325 g/mol. The van der Waals surface area contributed by atoms with Crippen molar-refractivity contribution in [1.82, 2.24) is 9.62 Å². The van der Waals surface area contributed by atoms with Gasteiger partial charge in [0.2, 0.25) is 10.0 Å². The Morgan fingerprint density at radius 2 is 1.73 bits per heavy atom. The maximum absolute atomic E-state index is 12.2. The van der Waals surface area contributed by atoms with E-state index in [1.54, 1.807) is 12.1 Å². The molecule has 1 aliphatic heterocycles. The summed E-state index contributed by atoms with van der Waals surface area (Å²) in [5.74, 6) is -0.108. The number of benzene rings is 1. The fourth-order valence-corrected chi connectivity index (χ4v) is 3.39. The van der Waals surface area contributed by atoms with E-state index in [-0.39, 0.29) is 11.9 Å².